The first-order valence-corrected chi connectivity index (χ1v) is 6.76. The minimum atomic E-state index is 0.545. The van der Waals surface area contributed by atoms with Crippen molar-refractivity contribution >= 4 is 11.6 Å². The van der Waals surface area contributed by atoms with Gasteiger partial charge in [0.25, 0.3) is 0 Å². The van der Waals surface area contributed by atoms with Crippen molar-refractivity contribution in [1.29, 1.82) is 0 Å². The second kappa shape index (κ2) is 4.75. The quantitative estimate of drug-likeness (QED) is 0.866. The highest BCUT2D eigenvalue weighted by atomic mass is 35.5. The molecule has 3 rings (SSSR count). The molecule has 0 radical (unpaired) electrons. The minimum Gasteiger partial charge on any atom is -0.326 e. The first-order valence-electron chi connectivity index (χ1n) is 6.38. The van der Waals surface area contributed by atoms with Gasteiger partial charge in [-0.1, -0.05) is 35.9 Å². The SMILES string of the molecule is NCc1ccc(Cl)cc1-c1ccc2c(c1)CCC2. The van der Waals surface area contributed by atoms with Crippen molar-refractivity contribution in [3.63, 3.8) is 0 Å². The van der Waals surface area contributed by atoms with Gasteiger partial charge in [0.05, 0.1) is 0 Å². The van der Waals surface area contributed by atoms with Crippen LogP contribution in [0, 0.1) is 0 Å². The first-order chi connectivity index (χ1) is 8.78. The highest BCUT2D eigenvalue weighted by Crippen LogP contribution is 2.31. The molecule has 1 aliphatic rings. The Hall–Kier alpha value is -1.31. The minimum absolute atomic E-state index is 0.545. The fraction of sp³-hybridized carbons (Fsp3) is 0.250. The Balaban J connectivity index is 2.12. The molecule has 0 fully saturated rings. The van der Waals surface area contributed by atoms with Crippen LogP contribution in [0.2, 0.25) is 5.02 Å². The van der Waals surface area contributed by atoms with E-state index in [1.165, 1.54) is 41.5 Å². The highest BCUT2D eigenvalue weighted by Gasteiger charge is 2.12. The fourth-order valence-electron chi connectivity index (χ4n) is 2.73. The molecule has 0 heterocycles. The lowest BCUT2D eigenvalue weighted by molar-refractivity contribution is 0.912. The van der Waals surface area contributed by atoms with Crippen LogP contribution in [0.25, 0.3) is 11.1 Å². The number of nitrogens with two attached hydrogens (primary N) is 1. The molecule has 92 valence electrons. The number of hydrogen-bond donors (Lipinski definition) is 1. The van der Waals surface area contributed by atoms with E-state index in [2.05, 4.69) is 18.2 Å². The summed E-state index contributed by atoms with van der Waals surface area (Å²) in [5.74, 6) is 0. The van der Waals surface area contributed by atoms with Crippen LogP contribution in [-0.4, -0.2) is 0 Å². The Morgan fingerprint density at radius 1 is 1.00 bits per heavy atom. The van der Waals surface area contributed by atoms with Crippen molar-refractivity contribution < 1.29 is 0 Å². The second-order valence-electron chi connectivity index (χ2n) is 4.84. The van der Waals surface area contributed by atoms with Gasteiger partial charge in [0, 0.05) is 11.6 Å². The standard InChI is InChI=1S/C16H16ClN/c17-15-7-6-14(10-18)16(9-15)13-5-4-11-2-1-3-12(11)8-13/h4-9H,1-3,10,18H2. The number of aryl methyl sites for hydroxylation is 2. The third-order valence-corrected chi connectivity index (χ3v) is 3.94. The molecule has 18 heavy (non-hydrogen) atoms. The van der Waals surface area contributed by atoms with Crippen LogP contribution in [0.1, 0.15) is 23.1 Å². The molecular formula is C16H16ClN. The third kappa shape index (κ3) is 2.05. The van der Waals surface area contributed by atoms with Crippen LogP contribution in [-0.2, 0) is 19.4 Å². The smallest absolute Gasteiger partial charge is 0.0412 e. The van der Waals surface area contributed by atoms with E-state index < -0.39 is 0 Å². The molecule has 0 amide bonds. The molecule has 0 unspecified atom stereocenters. The Labute approximate surface area is 113 Å². The van der Waals surface area contributed by atoms with Crippen molar-refractivity contribution in [3.05, 3.63) is 58.1 Å². The summed E-state index contributed by atoms with van der Waals surface area (Å²) in [7, 11) is 0. The van der Waals surface area contributed by atoms with Gasteiger partial charge < -0.3 is 5.73 Å². The van der Waals surface area contributed by atoms with Crippen molar-refractivity contribution in [2.75, 3.05) is 0 Å². The molecule has 2 aromatic rings. The largest absolute Gasteiger partial charge is 0.326 e. The van der Waals surface area contributed by atoms with E-state index in [9.17, 15) is 0 Å². The lowest BCUT2D eigenvalue weighted by atomic mass is 9.96. The zero-order chi connectivity index (χ0) is 12.5. The van der Waals surface area contributed by atoms with Gasteiger partial charge in [-0.15, -0.1) is 0 Å². The molecule has 2 heteroatoms. The van der Waals surface area contributed by atoms with E-state index in [0.717, 1.165) is 10.6 Å². The van der Waals surface area contributed by atoms with Crippen LogP contribution in [0.5, 0.6) is 0 Å². The van der Waals surface area contributed by atoms with Gasteiger partial charge >= 0.3 is 0 Å². The summed E-state index contributed by atoms with van der Waals surface area (Å²) in [6, 6.07) is 12.7. The number of fused-ring (bicyclic) bond motifs is 1. The van der Waals surface area contributed by atoms with Gasteiger partial charge in [0.15, 0.2) is 0 Å². The summed E-state index contributed by atoms with van der Waals surface area (Å²) in [5.41, 5.74) is 12.3. The molecule has 2 aromatic carbocycles. The molecule has 0 atom stereocenters. The number of benzene rings is 2. The molecule has 1 nitrogen and oxygen atoms in total. The predicted octanol–water partition coefficient (Wildman–Crippen LogP) is 3.95. The van der Waals surface area contributed by atoms with Gasteiger partial charge in [-0.25, -0.2) is 0 Å². The average Bonchev–Trinajstić information content (AvgIpc) is 2.85. The number of halogens is 1. The van der Waals surface area contributed by atoms with Gasteiger partial charge in [-0.3, -0.25) is 0 Å². The van der Waals surface area contributed by atoms with Crippen LogP contribution < -0.4 is 5.73 Å². The maximum absolute atomic E-state index is 6.10. The van der Waals surface area contributed by atoms with Gasteiger partial charge in [0.2, 0.25) is 0 Å². The molecular weight excluding hydrogens is 242 g/mol. The Morgan fingerprint density at radius 2 is 1.83 bits per heavy atom. The first kappa shape index (κ1) is 11.8. The lowest BCUT2D eigenvalue weighted by Crippen LogP contribution is -1.99. The molecule has 1 aliphatic carbocycles. The summed E-state index contributed by atoms with van der Waals surface area (Å²) in [4.78, 5) is 0. The van der Waals surface area contributed by atoms with Crippen molar-refractivity contribution in [2.45, 2.75) is 25.8 Å². The molecule has 0 saturated carbocycles. The molecule has 0 aromatic heterocycles. The predicted molar refractivity (Wildman–Crippen MR) is 76.8 cm³/mol. The lowest BCUT2D eigenvalue weighted by Gasteiger charge is -2.10. The van der Waals surface area contributed by atoms with Crippen LogP contribution >= 0.6 is 11.6 Å². The third-order valence-electron chi connectivity index (χ3n) is 3.70. The van der Waals surface area contributed by atoms with Crippen molar-refractivity contribution in [1.82, 2.24) is 0 Å². The van der Waals surface area contributed by atoms with E-state index in [-0.39, 0.29) is 0 Å². The maximum Gasteiger partial charge on any atom is 0.0412 e. The van der Waals surface area contributed by atoms with Crippen LogP contribution in [0.4, 0.5) is 0 Å². The summed E-state index contributed by atoms with van der Waals surface area (Å²) < 4.78 is 0. The average molecular weight is 258 g/mol. The topological polar surface area (TPSA) is 26.0 Å². The normalized spacial score (nSPS) is 13.7. The second-order valence-corrected chi connectivity index (χ2v) is 5.28. The van der Waals surface area contributed by atoms with Crippen molar-refractivity contribution in [3.8, 4) is 11.1 Å². The summed E-state index contributed by atoms with van der Waals surface area (Å²) in [6.07, 6.45) is 3.69. The number of hydrogen-bond acceptors (Lipinski definition) is 1. The molecule has 0 spiro atoms. The Kier molecular flexibility index (Phi) is 3.11. The zero-order valence-electron chi connectivity index (χ0n) is 10.2. The molecule has 2 N–H and O–H groups in total. The molecule has 0 saturated heterocycles. The number of rotatable bonds is 2. The van der Waals surface area contributed by atoms with Gasteiger partial charge in [-0.2, -0.15) is 0 Å². The van der Waals surface area contributed by atoms with E-state index >= 15 is 0 Å². The van der Waals surface area contributed by atoms with Crippen LogP contribution in [0.15, 0.2) is 36.4 Å². The Morgan fingerprint density at radius 3 is 2.67 bits per heavy atom. The maximum atomic E-state index is 6.10. The molecule has 0 bridgehead atoms. The van der Waals surface area contributed by atoms with E-state index in [1.807, 2.05) is 18.2 Å². The fourth-order valence-corrected chi connectivity index (χ4v) is 2.91. The summed E-state index contributed by atoms with van der Waals surface area (Å²) in [6.45, 7) is 0.545. The zero-order valence-corrected chi connectivity index (χ0v) is 11.0. The van der Waals surface area contributed by atoms with Crippen LogP contribution in [0.3, 0.4) is 0 Å². The summed E-state index contributed by atoms with van der Waals surface area (Å²) >= 11 is 6.10. The Bertz CT molecular complexity index is 590. The van der Waals surface area contributed by atoms with Gasteiger partial charge in [0.1, 0.15) is 0 Å². The van der Waals surface area contributed by atoms with E-state index in [4.69, 9.17) is 17.3 Å². The molecule has 0 aliphatic heterocycles. The highest BCUT2D eigenvalue weighted by molar-refractivity contribution is 6.30. The monoisotopic (exact) mass is 257 g/mol. The van der Waals surface area contributed by atoms with E-state index in [0.29, 0.717) is 6.54 Å². The van der Waals surface area contributed by atoms with E-state index in [1.54, 1.807) is 0 Å². The summed E-state index contributed by atoms with van der Waals surface area (Å²) in [5, 5.41) is 0.766. The van der Waals surface area contributed by atoms with Crippen molar-refractivity contribution in [2.24, 2.45) is 5.73 Å². The van der Waals surface area contributed by atoms with Gasteiger partial charge in [-0.05, 0) is 59.2 Å².